The van der Waals surface area contributed by atoms with Gasteiger partial charge in [-0.3, -0.25) is 0 Å². The van der Waals surface area contributed by atoms with E-state index in [1.807, 2.05) is 45.0 Å². The number of sulfonamides is 1. The molecule has 1 aromatic rings. The van der Waals surface area contributed by atoms with Gasteiger partial charge in [-0.1, -0.05) is 41.9 Å². The molecule has 114 valence electrons. The largest absolute Gasteiger partial charge is 0.308 e. The molecule has 0 spiro atoms. The van der Waals surface area contributed by atoms with Crippen LogP contribution >= 0.6 is 15.9 Å². The average molecular weight is 363 g/mol. The maximum atomic E-state index is 12.4. The Morgan fingerprint density at radius 3 is 2.15 bits per heavy atom. The predicted octanol–water partition coefficient (Wildman–Crippen LogP) is 2.45. The zero-order chi connectivity index (χ0) is 15.3. The van der Waals surface area contributed by atoms with Crippen LogP contribution in [-0.4, -0.2) is 40.0 Å². The van der Waals surface area contributed by atoms with Crippen LogP contribution in [0.25, 0.3) is 0 Å². The number of rotatable bonds is 7. The molecule has 0 aliphatic heterocycles. The number of halogens is 1. The first-order valence-corrected chi connectivity index (χ1v) is 9.18. The molecule has 0 amide bonds. The third kappa shape index (κ3) is 5.16. The minimum Gasteiger partial charge on any atom is -0.308 e. The molecule has 1 unspecified atom stereocenters. The van der Waals surface area contributed by atoms with E-state index >= 15 is 0 Å². The van der Waals surface area contributed by atoms with Crippen LogP contribution in [0.15, 0.2) is 29.2 Å². The lowest BCUT2D eigenvalue weighted by atomic mass is 10.1. The van der Waals surface area contributed by atoms with E-state index in [9.17, 15) is 8.42 Å². The van der Waals surface area contributed by atoms with Gasteiger partial charge in [0.15, 0.2) is 0 Å². The summed E-state index contributed by atoms with van der Waals surface area (Å²) in [5, 5.41) is 0.718. The second kappa shape index (κ2) is 7.54. The molecule has 1 rings (SSSR count). The maximum absolute atomic E-state index is 12.4. The summed E-state index contributed by atoms with van der Waals surface area (Å²) in [6, 6.07) is 6.82. The van der Waals surface area contributed by atoms with Crippen LogP contribution in [0.1, 0.15) is 19.4 Å². The number of nitrogens with zero attached hydrogens (tertiary/aromatic N) is 1. The highest BCUT2D eigenvalue weighted by Crippen LogP contribution is 2.14. The number of likely N-dealkylation sites (N-methyl/N-ethyl adjacent to an activating group) is 1. The first-order valence-electron chi connectivity index (χ1n) is 6.58. The van der Waals surface area contributed by atoms with Gasteiger partial charge in [0.2, 0.25) is 10.0 Å². The standard InChI is InChI=1S/C14H23BrN2O2S/c1-11(2)14(10-17(3)4)16-20(18,19)13-7-5-12(9-15)6-8-13/h5-8,11,14,16H,9-10H2,1-4H3. The average Bonchev–Trinajstić information content (AvgIpc) is 2.37. The summed E-state index contributed by atoms with van der Waals surface area (Å²) in [5.41, 5.74) is 1.05. The first-order chi connectivity index (χ1) is 9.26. The highest BCUT2D eigenvalue weighted by Gasteiger charge is 2.22. The Hall–Kier alpha value is -0.430. The molecule has 0 aliphatic carbocycles. The lowest BCUT2D eigenvalue weighted by molar-refractivity contribution is 0.314. The van der Waals surface area contributed by atoms with Crippen molar-refractivity contribution in [3.05, 3.63) is 29.8 Å². The molecule has 0 aliphatic rings. The minimum absolute atomic E-state index is 0.106. The fourth-order valence-electron chi connectivity index (χ4n) is 1.80. The van der Waals surface area contributed by atoms with Crippen molar-refractivity contribution < 1.29 is 8.42 Å². The monoisotopic (exact) mass is 362 g/mol. The number of alkyl halides is 1. The van der Waals surface area contributed by atoms with E-state index in [2.05, 4.69) is 20.7 Å². The normalized spacial score (nSPS) is 13.9. The SMILES string of the molecule is CC(C)C(CN(C)C)NS(=O)(=O)c1ccc(CBr)cc1. The molecule has 4 nitrogen and oxygen atoms in total. The number of hydrogen-bond donors (Lipinski definition) is 1. The van der Waals surface area contributed by atoms with E-state index in [-0.39, 0.29) is 12.0 Å². The Morgan fingerprint density at radius 2 is 1.75 bits per heavy atom. The smallest absolute Gasteiger partial charge is 0.240 e. The molecule has 0 radical (unpaired) electrons. The Bertz CT molecular complexity index is 512. The van der Waals surface area contributed by atoms with Gasteiger partial charge in [-0.2, -0.15) is 0 Å². The highest BCUT2D eigenvalue weighted by atomic mass is 79.9. The number of nitrogens with one attached hydrogen (secondary N) is 1. The van der Waals surface area contributed by atoms with Crippen LogP contribution in [0.3, 0.4) is 0 Å². The van der Waals surface area contributed by atoms with Gasteiger partial charge in [0.05, 0.1) is 4.90 Å². The van der Waals surface area contributed by atoms with Crippen molar-refractivity contribution in [1.82, 2.24) is 9.62 Å². The van der Waals surface area contributed by atoms with Crippen LogP contribution in [0.5, 0.6) is 0 Å². The van der Waals surface area contributed by atoms with E-state index in [0.29, 0.717) is 11.4 Å². The second-order valence-corrected chi connectivity index (χ2v) is 7.79. The van der Waals surface area contributed by atoms with Crippen LogP contribution in [-0.2, 0) is 15.4 Å². The molecule has 0 heterocycles. The number of benzene rings is 1. The molecule has 1 atom stereocenters. The molecule has 0 aromatic heterocycles. The van der Waals surface area contributed by atoms with Gasteiger partial charge in [-0.05, 0) is 37.7 Å². The van der Waals surface area contributed by atoms with Gasteiger partial charge in [0, 0.05) is 17.9 Å². The van der Waals surface area contributed by atoms with E-state index in [1.165, 1.54) is 0 Å². The van der Waals surface area contributed by atoms with Crippen molar-refractivity contribution >= 4 is 26.0 Å². The predicted molar refractivity (Wildman–Crippen MR) is 86.6 cm³/mol. The van der Waals surface area contributed by atoms with Gasteiger partial charge in [0.25, 0.3) is 0 Å². The highest BCUT2D eigenvalue weighted by molar-refractivity contribution is 9.08. The van der Waals surface area contributed by atoms with Gasteiger partial charge < -0.3 is 4.90 Å². The fraction of sp³-hybridized carbons (Fsp3) is 0.571. The fourth-order valence-corrected chi connectivity index (χ4v) is 3.55. The molecule has 1 aromatic carbocycles. The molecular weight excluding hydrogens is 340 g/mol. The topological polar surface area (TPSA) is 49.4 Å². The molecule has 1 N–H and O–H groups in total. The Balaban J connectivity index is 2.91. The Labute approximate surface area is 130 Å². The summed E-state index contributed by atoms with van der Waals surface area (Å²) < 4.78 is 27.6. The van der Waals surface area contributed by atoms with Crippen LogP contribution in [0.4, 0.5) is 0 Å². The van der Waals surface area contributed by atoms with Gasteiger partial charge in [0.1, 0.15) is 0 Å². The lowest BCUT2D eigenvalue weighted by Crippen LogP contribution is -2.44. The van der Waals surface area contributed by atoms with Crippen molar-refractivity contribution in [2.24, 2.45) is 5.92 Å². The molecular formula is C14H23BrN2O2S. The lowest BCUT2D eigenvalue weighted by Gasteiger charge is -2.25. The number of hydrogen-bond acceptors (Lipinski definition) is 3. The molecule has 20 heavy (non-hydrogen) atoms. The maximum Gasteiger partial charge on any atom is 0.240 e. The van der Waals surface area contributed by atoms with Gasteiger partial charge >= 0.3 is 0 Å². The second-order valence-electron chi connectivity index (χ2n) is 5.51. The molecule has 0 saturated carbocycles. The van der Waals surface area contributed by atoms with Crippen molar-refractivity contribution in [3.8, 4) is 0 Å². The van der Waals surface area contributed by atoms with Crippen LogP contribution in [0.2, 0.25) is 0 Å². The molecule has 6 heteroatoms. The zero-order valence-corrected chi connectivity index (χ0v) is 14.8. The van der Waals surface area contributed by atoms with Crippen LogP contribution < -0.4 is 4.72 Å². The first kappa shape index (κ1) is 17.6. The van der Waals surface area contributed by atoms with Crippen molar-refractivity contribution in [1.29, 1.82) is 0 Å². The van der Waals surface area contributed by atoms with E-state index in [0.717, 1.165) is 10.9 Å². The quantitative estimate of drug-likeness (QED) is 0.757. The van der Waals surface area contributed by atoms with Gasteiger partial charge in [-0.15, -0.1) is 0 Å². The Morgan fingerprint density at radius 1 is 1.20 bits per heavy atom. The third-order valence-corrected chi connectivity index (χ3v) is 5.21. The molecule has 0 bridgehead atoms. The third-order valence-electron chi connectivity index (χ3n) is 3.06. The van der Waals surface area contributed by atoms with Crippen molar-refractivity contribution in [2.75, 3.05) is 20.6 Å². The summed E-state index contributed by atoms with van der Waals surface area (Å²) in [6.07, 6.45) is 0. The summed E-state index contributed by atoms with van der Waals surface area (Å²) in [7, 11) is 0.411. The van der Waals surface area contributed by atoms with E-state index < -0.39 is 10.0 Å². The van der Waals surface area contributed by atoms with E-state index in [1.54, 1.807) is 12.1 Å². The summed E-state index contributed by atoms with van der Waals surface area (Å²) >= 11 is 3.35. The Kier molecular flexibility index (Phi) is 6.64. The molecule has 0 saturated heterocycles. The van der Waals surface area contributed by atoms with E-state index in [4.69, 9.17) is 0 Å². The van der Waals surface area contributed by atoms with Gasteiger partial charge in [-0.25, -0.2) is 13.1 Å². The minimum atomic E-state index is -3.47. The summed E-state index contributed by atoms with van der Waals surface area (Å²) in [5.74, 6) is 0.231. The summed E-state index contributed by atoms with van der Waals surface area (Å²) in [4.78, 5) is 2.30. The zero-order valence-electron chi connectivity index (χ0n) is 12.4. The summed E-state index contributed by atoms with van der Waals surface area (Å²) in [6.45, 7) is 4.71. The van der Waals surface area contributed by atoms with Crippen molar-refractivity contribution in [2.45, 2.75) is 30.1 Å². The molecule has 0 fully saturated rings. The van der Waals surface area contributed by atoms with Crippen molar-refractivity contribution in [3.63, 3.8) is 0 Å². The van der Waals surface area contributed by atoms with Crippen LogP contribution in [0, 0.1) is 5.92 Å².